The lowest BCUT2D eigenvalue weighted by Gasteiger charge is -2.29. The van der Waals surface area contributed by atoms with Crippen LogP contribution in [0.5, 0.6) is 0 Å². The van der Waals surface area contributed by atoms with E-state index < -0.39 is 6.04 Å². The summed E-state index contributed by atoms with van der Waals surface area (Å²) in [7, 11) is 1.67. The molecule has 2 fully saturated rings. The topological polar surface area (TPSA) is 105 Å². The number of piperidine rings is 1. The van der Waals surface area contributed by atoms with Crippen molar-refractivity contribution >= 4 is 17.7 Å². The van der Waals surface area contributed by atoms with Gasteiger partial charge in [0.25, 0.3) is 5.91 Å². The average molecular weight is 372 g/mol. The van der Waals surface area contributed by atoms with Crippen LogP contribution >= 0.6 is 0 Å². The van der Waals surface area contributed by atoms with Crippen LogP contribution in [0.3, 0.4) is 0 Å². The summed E-state index contributed by atoms with van der Waals surface area (Å²) >= 11 is 0. The summed E-state index contributed by atoms with van der Waals surface area (Å²) < 4.78 is 5.42. The van der Waals surface area contributed by atoms with E-state index >= 15 is 0 Å². The fraction of sp³-hybridized carbons (Fsp3) is 0.526. The number of ether oxygens (including phenoxy) is 1. The number of hydrogen-bond acceptors (Lipinski definition) is 6. The second-order valence-corrected chi connectivity index (χ2v) is 7.48. The molecular weight excluding hydrogens is 348 g/mol. The van der Waals surface area contributed by atoms with Gasteiger partial charge in [-0.2, -0.15) is 0 Å². The van der Waals surface area contributed by atoms with E-state index in [0.29, 0.717) is 25.1 Å². The molecule has 3 aliphatic heterocycles. The minimum Gasteiger partial charge on any atom is -0.378 e. The lowest BCUT2D eigenvalue weighted by atomic mass is 10.0. The minimum atomic E-state index is -0.589. The molecule has 0 bridgehead atoms. The van der Waals surface area contributed by atoms with Crippen LogP contribution in [0.25, 0.3) is 0 Å². The van der Waals surface area contributed by atoms with Crippen LogP contribution in [-0.4, -0.2) is 65.9 Å². The number of imide groups is 1. The maximum atomic E-state index is 12.9. The zero-order valence-electron chi connectivity index (χ0n) is 15.3. The number of rotatable bonds is 4. The molecule has 8 heteroatoms. The Morgan fingerprint density at radius 1 is 1.26 bits per heavy atom. The highest BCUT2D eigenvalue weighted by molar-refractivity contribution is 6.05. The molecule has 0 aliphatic carbocycles. The zero-order valence-corrected chi connectivity index (χ0v) is 15.3. The molecule has 3 atom stereocenters. The van der Waals surface area contributed by atoms with E-state index in [9.17, 15) is 14.4 Å². The number of carbonyl (C=O) groups is 3. The fourth-order valence-electron chi connectivity index (χ4n) is 4.30. The molecular formula is C19H24N4O4. The van der Waals surface area contributed by atoms with Gasteiger partial charge in [0.1, 0.15) is 6.04 Å². The predicted octanol–water partition coefficient (Wildman–Crippen LogP) is -0.394. The van der Waals surface area contributed by atoms with E-state index in [4.69, 9.17) is 10.5 Å². The van der Waals surface area contributed by atoms with Crippen molar-refractivity contribution in [1.29, 1.82) is 0 Å². The van der Waals surface area contributed by atoms with Gasteiger partial charge in [-0.05, 0) is 23.6 Å². The molecule has 1 unspecified atom stereocenters. The van der Waals surface area contributed by atoms with Crippen LogP contribution in [0.4, 0.5) is 0 Å². The van der Waals surface area contributed by atoms with Crippen molar-refractivity contribution in [2.45, 2.75) is 44.1 Å². The van der Waals surface area contributed by atoms with Gasteiger partial charge in [0.05, 0.1) is 6.10 Å². The smallest absolute Gasteiger partial charge is 0.255 e. The highest BCUT2D eigenvalue weighted by atomic mass is 16.5. The Hall–Kier alpha value is -2.29. The number of hydrogen-bond donors (Lipinski definition) is 2. The number of nitrogens with two attached hydrogens (primary N) is 1. The highest BCUT2D eigenvalue weighted by Gasteiger charge is 2.40. The molecule has 0 saturated carbocycles. The molecule has 0 aromatic heterocycles. The molecule has 3 heterocycles. The standard InChI is InChI=1S/C19H24N4O4/c1-27-16-10-22(9-14(16)20)7-11-3-2-4-12-13(11)8-23(19(12)26)15-5-6-17(24)21-18(15)25/h2-4,14-16H,5-10,20H2,1H3,(H,21,24,25)/t14-,15?,16-/m1/s1. The van der Waals surface area contributed by atoms with Gasteiger partial charge >= 0.3 is 0 Å². The fourth-order valence-corrected chi connectivity index (χ4v) is 4.30. The Bertz CT molecular complexity index is 796. The van der Waals surface area contributed by atoms with Gasteiger partial charge in [-0.15, -0.1) is 0 Å². The maximum absolute atomic E-state index is 12.9. The summed E-state index contributed by atoms with van der Waals surface area (Å²) in [5.41, 5.74) is 8.79. The van der Waals surface area contributed by atoms with Crippen LogP contribution in [0.15, 0.2) is 18.2 Å². The number of carbonyl (C=O) groups excluding carboxylic acids is 3. The van der Waals surface area contributed by atoms with Crippen molar-refractivity contribution in [3.8, 4) is 0 Å². The number of methoxy groups -OCH3 is 1. The van der Waals surface area contributed by atoms with Gasteiger partial charge in [-0.1, -0.05) is 12.1 Å². The molecule has 4 rings (SSSR count). The first-order chi connectivity index (χ1) is 13.0. The van der Waals surface area contributed by atoms with Crippen LogP contribution in [0, 0.1) is 0 Å². The number of benzene rings is 1. The van der Waals surface area contributed by atoms with Crippen molar-refractivity contribution in [1.82, 2.24) is 15.1 Å². The number of likely N-dealkylation sites (tertiary alicyclic amines) is 1. The minimum absolute atomic E-state index is 0.0170. The van der Waals surface area contributed by atoms with Gasteiger partial charge < -0.3 is 15.4 Å². The molecule has 2 saturated heterocycles. The average Bonchev–Trinajstić information content (AvgIpc) is 3.16. The third-order valence-electron chi connectivity index (χ3n) is 5.76. The molecule has 8 nitrogen and oxygen atoms in total. The monoisotopic (exact) mass is 372 g/mol. The van der Waals surface area contributed by atoms with Crippen molar-refractivity contribution in [3.63, 3.8) is 0 Å². The largest absolute Gasteiger partial charge is 0.378 e. The highest BCUT2D eigenvalue weighted by Crippen LogP contribution is 2.31. The van der Waals surface area contributed by atoms with E-state index in [1.807, 2.05) is 12.1 Å². The lowest BCUT2D eigenvalue weighted by molar-refractivity contribution is -0.136. The van der Waals surface area contributed by atoms with Crippen molar-refractivity contribution < 1.29 is 19.1 Å². The van der Waals surface area contributed by atoms with Crippen LogP contribution in [0.1, 0.15) is 34.3 Å². The van der Waals surface area contributed by atoms with Gasteiger partial charge in [0.2, 0.25) is 11.8 Å². The van der Waals surface area contributed by atoms with Gasteiger partial charge in [-0.3, -0.25) is 24.6 Å². The van der Waals surface area contributed by atoms with E-state index in [2.05, 4.69) is 10.2 Å². The Kier molecular flexibility index (Phi) is 4.71. The Balaban J connectivity index is 1.53. The number of amides is 3. The second-order valence-electron chi connectivity index (χ2n) is 7.48. The van der Waals surface area contributed by atoms with Crippen molar-refractivity contribution in [2.24, 2.45) is 5.73 Å². The molecule has 0 spiro atoms. The quantitative estimate of drug-likeness (QED) is 0.697. The van der Waals surface area contributed by atoms with E-state index in [1.165, 1.54) is 0 Å². The summed E-state index contributed by atoms with van der Waals surface area (Å²) in [5.74, 6) is -0.809. The molecule has 3 amide bonds. The first kappa shape index (κ1) is 18.1. The van der Waals surface area contributed by atoms with Crippen molar-refractivity contribution in [3.05, 3.63) is 34.9 Å². The number of nitrogens with zero attached hydrogens (tertiary/aromatic N) is 2. The van der Waals surface area contributed by atoms with Gasteiger partial charge in [0, 0.05) is 51.3 Å². The molecule has 144 valence electrons. The molecule has 3 aliphatic rings. The first-order valence-electron chi connectivity index (χ1n) is 9.24. The van der Waals surface area contributed by atoms with Crippen LogP contribution < -0.4 is 11.1 Å². The maximum Gasteiger partial charge on any atom is 0.255 e. The number of fused-ring (bicyclic) bond motifs is 1. The third-order valence-corrected chi connectivity index (χ3v) is 5.76. The Labute approximate surface area is 157 Å². The molecule has 27 heavy (non-hydrogen) atoms. The summed E-state index contributed by atoms with van der Waals surface area (Å²) in [5, 5.41) is 2.34. The SMILES string of the molecule is CO[C@@H]1CN(Cc2cccc3c2CN(C2CCC(=O)NC2=O)C3=O)C[C@H]1N. The predicted molar refractivity (Wildman–Crippen MR) is 96.5 cm³/mol. The van der Waals surface area contributed by atoms with E-state index in [1.54, 1.807) is 18.1 Å². The number of nitrogens with one attached hydrogen (secondary N) is 1. The van der Waals surface area contributed by atoms with Crippen LogP contribution in [-0.2, 0) is 27.4 Å². The Morgan fingerprint density at radius 3 is 2.78 bits per heavy atom. The molecule has 0 radical (unpaired) electrons. The van der Waals surface area contributed by atoms with Crippen molar-refractivity contribution in [2.75, 3.05) is 20.2 Å². The van der Waals surface area contributed by atoms with E-state index in [-0.39, 0.29) is 36.3 Å². The second kappa shape index (κ2) is 7.03. The normalized spacial score (nSPS) is 28.6. The molecule has 1 aromatic carbocycles. The van der Waals surface area contributed by atoms with Crippen LogP contribution in [0.2, 0.25) is 0 Å². The van der Waals surface area contributed by atoms with Gasteiger partial charge in [0.15, 0.2) is 0 Å². The first-order valence-corrected chi connectivity index (χ1v) is 9.24. The van der Waals surface area contributed by atoms with Gasteiger partial charge in [-0.25, -0.2) is 0 Å². The lowest BCUT2D eigenvalue weighted by Crippen LogP contribution is -2.52. The third kappa shape index (κ3) is 3.24. The summed E-state index contributed by atoms with van der Waals surface area (Å²) in [6.07, 6.45) is 0.646. The summed E-state index contributed by atoms with van der Waals surface area (Å²) in [6, 6.07) is 5.10. The van der Waals surface area contributed by atoms with E-state index in [0.717, 1.165) is 24.2 Å². The summed E-state index contributed by atoms with van der Waals surface area (Å²) in [4.78, 5) is 40.3. The Morgan fingerprint density at radius 2 is 2.07 bits per heavy atom. The zero-order chi connectivity index (χ0) is 19.1. The molecule has 1 aromatic rings. The summed E-state index contributed by atoms with van der Waals surface area (Å²) in [6.45, 7) is 2.58. The molecule has 3 N–H and O–H groups in total.